The van der Waals surface area contributed by atoms with Crippen molar-refractivity contribution in [2.45, 2.75) is 51.4 Å². The molecular weight excluding hydrogens is 266 g/mol. The number of oxime groups is 1. The molecule has 0 amide bonds. The highest BCUT2D eigenvalue weighted by atomic mass is 16.5. The standard InChI is InChI=1S/C16H25N3O2/c1-15(2)10-13(16(3,4)21-15)19(5)12-8-6-11(7-9-12)14(17)18-20/h6-9,13,20H,10H2,1-5H3,(H2,17,18). The van der Waals surface area contributed by atoms with Gasteiger partial charge in [0.1, 0.15) is 0 Å². The number of nitrogens with zero attached hydrogens (tertiary/aromatic N) is 2. The van der Waals surface area contributed by atoms with E-state index in [1.807, 2.05) is 24.3 Å². The number of ether oxygens (including phenoxy) is 1. The number of nitrogens with two attached hydrogens (primary N) is 1. The SMILES string of the molecule is CN(c1ccc(/C(N)=N/O)cc1)C1CC(C)(C)OC1(C)C. The fourth-order valence-electron chi connectivity index (χ4n) is 3.24. The molecule has 1 heterocycles. The Labute approximate surface area is 126 Å². The van der Waals surface area contributed by atoms with Crippen molar-refractivity contribution in [1.29, 1.82) is 0 Å². The zero-order valence-electron chi connectivity index (χ0n) is 13.4. The summed E-state index contributed by atoms with van der Waals surface area (Å²) in [5, 5.41) is 11.7. The van der Waals surface area contributed by atoms with Crippen LogP contribution in [0.3, 0.4) is 0 Å². The molecular formula is C16H25N3O2. The minimum Gasteiger partial charge on any atom is -0.409 e. The molecule has 1 aromatic carbocycles. The van der Waals surface area contributed by atoms with Gasteiger partial charge in [-0.3, -0.25) is 0 Å². The molecule has 116 valence electrons. The van der Waals surface area contributed by atoms with Crippen LogP contribution in [-0.4, -0.2) is 35.3 Å². The third kappa shape index (κ3) is 3.13. The Bertz CT molecular complexity index is 535. The fraction of sp³-hybridized carbons (Fsp3) is 0.562. The van der Waals surface area contributed by atoms with Gasteiger partial charge in [-0.2, -0.15) is 0 Å². The van der Waals surface area contributed by atoms with Crippen molar-refractivity contribution in [3.05, 3.63) is 29.8 Å². The minimum absolute atomic E-state index is 0.115. The van der Waals surface area contributed by atoms with Crippen molar-refractivity contribution in [1.82, 2.24) is 0 Å². The zero-order valence-corrected chi connectivity index (χ0v) is 13.4. The van der Waals surface area contributed by atoms with Crippen LogP contribution >= 0.6 is 0 Å². The van der Waals surface area contributed by atoms with Gasteiger partial charge in [0.15, 0.2) is 5.84 Å². The maximum Gasteiger partial charge on any atom is 0.170 e. The van der Waals surface area contributed by atoms with Gasteiger partial charge < -0.3 is 20.6 Å². The highest BCUT2D eigenvalue weighted by Crippen LogP contribution is 2.41. The number of amidine groups is 1. The van der Waals surface area contributed by atoms with Crippen molar-refractivity contribution in [3.63, 3.8) is 0 Å². The molecule has 0 aromatic heterocycles. The van der Waals surface area contributed by atoms with E-state index in [4.69, 9.17) is 15.7 Å². The van der Waals surface area contributed by atoms with Crippen LogP contribution in [0.15, 0.2) is 29.4 Å². The van der Waals surface area contributed by atoms with Crippen LogP contribution in [0.25, 0.3) is 0 Å². The molecule has 1 aromatic rings. The van der Waals surface area contributed by atoms with Gasteiger partial charge in [-0.1, -0.05) is 5.16 Å². The molecule has 0 radical (unpaired) electrons. The van der Waals surface area contributed by atoms with Gasteiger partial charge in [-0.25, -0.2) is 0 Å². The second-order valence-electron chi connectivity index (χ2n) is 6.83. The minimum atomic E-state index is -0.206. The highest BCUT2D eigenvalue weighted by molar-refractivity contribution is 5.97. The van der Waals surface area contributed by atoms with Crippen LogP contribution in [0.2, 0.25) is 0 Å². The Morgan fingerprint density at radius 1 is 1.29 bits per heavy atom. The first-order valence-corrected chi connectivity index (χ1v) is 7.17. The van der Waals surface area contributed by atoms with Gasteiger partial charge in [0.05, 0.1) is 17.2 Å². The van der Waals surface area contributed by atoms with Crippen LogP contribution in [0.5, 0.6) is 0 Å². The Balaban J connectivity index is 2.22. The van der Waals surface area contributed by atoms with Gasteiger partial charge >= 0.3 is 0 Å². The molecule has 1 unspecified atom stereocenters. The number of hydrogen-bond acceptors (Lipinski definition) is 4. The van der Waals surface area contributed by atoms with E-state index >= 15 is 0 Å². The van der Waals surface area contributed by atoms with Crippen LogP contribution < -0.4 is 10.6 Å². The monoisotopic (exact) mass is 291 g/mol. The summed E-state index contributed by atoms with van der Waals surface area (Å²) in [6.07, 6.45) is 0.971. The van der Waals surface area contributed by atoms with Crippen LogP contribution in [0, 0.1) is 0 Å². The predicted molar refractivity (Wildman–Crippen MR) is 85.0 cm³/mol. The van der Waals surface area contributed by atoms with Gasteiger partial charge in [-0.15, -0.1) is 0 Å². The molecule has 0 aliphatic carbocycles. The summed E-state index contributed by atoms with van der Waals surface area (Å²) in [6.45, 7) is 8.52. The average Bonchev–Trinajstić information content (AvgIpc) is 2.65. The molecule has 1 saturated heterocycles. The lowest BCUT2D eigenvalue weighted by Gasteiger charge is -2.35. The molecule has 0 bridgehead atoms. The summed E-state index contributed by atoms with van der Waals surface area (Å²) >= 11 is 0. The molecule has 3 N–H and O–H groups in total. The van der Waals surface area contributed by atoms with E-state index in [1.165, 1.54) is 0 Å². The van der Waals surface area contributed by atoms with Crippen LogP contribution in [0.1, 0.15) is 39.7 Å². The molecule has 2 rings (SSSR count). The molecule has 0 spiro atoms. The molecule has 1 aliphatic heterocycles. The number of hydrogen-bond donors (Lipinski definition) is 2. The van der Waals surface area contributed by atoms with E-state index in [-0.39, 0.29) is 17.0 Å². The molecule has 5 heteroatoms. The van der Waals surface area contributed by atoms with Crippen molar-refractivity contribution >= 4 is 11.5 Å². The Morgan fingerprint density at radius 3 is 2.29 bits per heavy atom. The van der Waals surface area contributed by atoms with E-state index < -0.39 is 0 Å². The Hall–Kier alpha value is -1.75. The van der Waals surface area contributed by atoms with Gasteiger partial charge in [0.25, 0.3) is 0 Å². The van der Waals surface area contributed by atoms with Crippen molar-refractivity contribution in [2.24, 2.45) is 10.9 Å². The average molecular weight is 291 g/mol. The topological polar surface area (TPSA) is 71.1 Å². The maximum absolute atomic E-state index is 8.70. The molecule has 0 saturated carbocycles. The van der Waals surface area contributed by atoms with Gasteiger partial charge in [0, 0.05) is 18.3 Å². The van der Waals surface area contributed by atoms with E-state index in [0.717, 1.165) is 12.1 Å². The van der Waals surface area contributed by atoms with Crippen LogP contribution in [0.4, 0.5) is 5.69 Å². The summed E-state index contributed by atoms with van der Waals surface area (Å²) in [6, 6.07) is 7.97. The first-order chi connectivity index (χ1) is 9.66. The summed E-state index contributed by atoms with van der Waals surface area (Å²) in [4.78, 5) is 2.24. The smallest absolute Gasteiger partial charge is 0.170 e. The largest absolute Gasteiger partial charge is 0.409 e. The quantitative estimate of drug-likeness (QED) is 0.388. The summed E-state index contributed by atoms with van der Waals surface area (Å²) in [5.41, 5.74) is 7.06. The van der Waals surface area contributed by atoms with E-state index in [0.29, 0.717) is 11.6 Å². The van der Waals surface area contributed by atoms with Gasteiger partial charge in [0.2, 0.25) is 0 Å². The summed E-state index contributed by atoms with van der Waals surface area (Å²) in [5.74, 6) is 0.120. The lowest BCUT2D eigenvalue weighted by atomic mass is 9.93. The fourth-order valence-corrected chi connectivity index (χ4v) is 3.24. The van der Waals surface area contributed by atoms with E-state index in [2.05, 4.69) is 44.8 Å². The number of anilines is 1. The first-order valence-electron chi connectivity index (χ1n) is 7.17. The number of benzene rings is 1. The predicted octanol–water partition coefficient (Wildman–Crippen LogP) is 2.56. The third-order valence-electron chi connectivity index (χ3n) is 4.17. The van der Waals surface area contributed by atoms with E-state index in [9.17, 15) is 0 Å². The highest BCUT2D eigenvalue weighted by Gasteiger charge is 2.47. The molecule has 1 aliphatic rings. The van der Waals surface area contributed by atoms with Crippen molar-refractivity contribution < 1.29 is 9.94 Å². The van der Waals surface area contributed by atoms with Crippen LogP contribution in [-0.2, 0) is 4.74 Å². The van der Waals surface area contributed by atoms with Crippen molar-refractivity contribution in [3.8, 4) is 0 Å². The number of likely N-dealkylation sites (N-methyl/N-ethyl adjacent to an activating group) is 1. The van der Waals surface area contributed by atoms with Crippen molar-refractivity contribution in [2.75, 3.05) is 11.9 Å². The Kier molecular flexibility index (Phi) is 3.89. The molecule has 1 fully saturated rings. The lowest BCUT2D eigenvalue weighted by molar-refractivity contribution is -0.0676. The first kappa shape index (κ1) is 15.6. The normalized spacial score (nSPS) is 24.0. The molecule has 5 nitrogen and oxygen atoms in total. The third-order valence-corrected chi connectivity index (χ3v) is 4.17. The summed E-state index contributed by atoms with van der Waals surface area (Å²) < 4.78 is 6.16. The number of rotatable bonds is 3. The maximum atomic E-state index is 8.70. The second-order valence-corrected chi connectivity index (χ2v) is 6.83. The lowest BCUT2D eigenvalue weighted by Crippen LogP contribution is -2.44. The summed E-state index contributed by atoms with van der Waals surface area (Å²) in [7, 11) is 2.08. The molecule has 21 heavy (non-hydrogen) atoms. The molecule has 1 atom stereocenters. The Morgan fingerprint density at radius 2 is 1.86 bits per heavy atom. The van der Waals surface area contributed by atoms with E-state index in [1.54, 1.807) is 0 Å². The van der Waals surface area contributed by atoms with Gasteiger partial charge in [-0.05, 0) is 58.4 Å². The second kappa shape index (κ2) is 5.22. The zero-order chi connectivity index (χ0) is 15.8.